The fourth-order valence-corrected chi connectivity index (χ4v) is 7.18. The Labute approximate surface area is 228 Å². The number of aromatic nitrogens is 1. The van der Waals surface area contributed by atoms with E-state index in [4.69, 9.17) is 0 Å². The summed E-state index contributed by atoms with van der Waals surface area (Å²) < 4.78 is 89.8. The maximum Gasteiger partial charge on any atom is 0.433 e. The van der Waals surface area contributed by atoms with Crippen molar-refractivity contribution in [1.82, 2.24) is 19.1 Å². The number of halogens is 4. The van der Waals surface area contributed by atoms with Crippen LogP contribution in [0.25, 0.3) is 0 Å². The number of likely N-dealkylation sites (tertiary alicyclic amines) is 1. The number of rotatable bonds is 6. The Balaban J connectivity index is 0.00000400. The van der Waals surface area contributed by atoms with E-state index in [1.807, 2.05) is 0 Å². The number of sulfonamides is 1. The smallest absolute Gasteiger partial charge is 0.299 e. The molecule has 0 radical (unpaired) electrons. The van der Waals surface area contributed by atoms with Gasteiger partial charge in [0, 0.05) is 44.7 Å². The van der Waals surface area contributed by atoms with Crippen LogP contribution in [0.4, 0.5) is 13.2 Å². The fraction of sp³-hybridized carbons (Fsp3) is 0.542. The minimum absolute atomic E-state index is 0. The van der Waals surface area contributed by atoms with Crippen LogP contribution in [-0.4, -0.2) is 87.5 Å². The molecule has 2 aromatic rings. The zero-order valence-corrected chi connectivity index (χ0v) is 23.4. The molecule has 0 N–H and O–H groups in total. The van der Waals surface area contributed by atoms with Crippen LogP contribution in [0.1, 0.15) is 30.5 Å². The van der Waals surface area contributed by atoms with Gasteiger partial charge < -0.3 is 0 Å². The Kier molecular flexibility index (Phi) is 9.86. The maximum atomic E-state index is 13.2. The first kappa shape index (κ1) is 30.8. The lowest BCUT2D eigenvalue weighted by Gasteiger charge is -2.38. The molecule has 38 heavy (non-hydrogen) atoms. The molecular weight excluding hydrogens is 565 g/mol. The molecule has 2 aliphatic rings. The summed E-state index contributed by atoms with van der Waals surface area (Å²) in [6, 6.07) is 8.26. The van der Waals surface area contributed by atoms with Gasteiger partial charge in [-0.1, -0.05) is 12.1 Å². The van der Waals surface area contributed by atoms with Gasteiger partial charge in [-0.2, -0.15) is 17.5 Å². The molecule has 2 saturated heterocycles. The highest BCUT2D eigenvalue weighted by molar-refractivity contribution is 7.91. The molecular formula is C24H32ClF3N4O4S2. The van der Waals surface area contributed by atoms with Crippen LogP contribution in [0.5, 0.6) is 0 Å². The number of nitrogens with zero attached hydrogens (tertiary/aromatic N) is 4. The minimum atomic E-state index is -4.45. The molecule has 0 unspecified atom stereocenters. The zero-order chi connectivity index (χ0) is 26.8. The second-order valence-corrected chi connectivity index (χ2v) is 13.6. The summed E-state index contributed by atoms with van der Waals surface area (Å²) in [5.41, 5.74) is -0.155. The van der Waals surface area contributed by atoms with Gasteiger partial charge in [-0.25, -0.2) is 16.8 Å². The van der Waals surface area contributed by atoms with Crippen LogP contribution in [0, 0.1) is 0 Å². The average Bonchev–Trinajstić information content (AvgIpc) is 3.11. The monoisotopic (exact) mass is 596 g/mol. The predicted octanol–water partition coefficient (Wildman–Crippen LogP) is 3.29. The quantitative estimate of drug-likeness (QED) is 0.505. The fourth-order valence-electron chi connectivity index (χ4n) is 4.92. The highest BCUT2D eigenvalue weighted by atomic mass is 35.5. The van der Waals surface area contributed by atoms with E-state index in [1.54, 1.807) is 0 Å². The Morgan fingerprint density at radius 3 is 2.21 bits per heavy atom. The van der Waals surface area contributed by atoms with Crippen molar-refractivity contribution < 1.29 is 30.0 Å². The molecule has 2 aliphatic heterocycles. The van der Waals surface area contributed by atoms with Crippen molar-refractivity contribution in [2.75, 3.05) is 45.5 Å². The van der Waals surface area contributed by atoms with E-state index in [1.165, 1.54) is 40.8 Å². The summed E-state index contributed by atoms with van der Waals surface area (Å²) in [4.78, 5) is 8.01. The van der Waals surface area contributed by atoms with Crippen molar-refractivity contribution in [1.29, 1.82) is 0 Å². The number of sulfone groups is 1. The molecule has 0 bridgehead atoms. The van der Waals surface area contributed by atoms with Crippen molar-refractivity contribution >= 4 is 32.3 Å². The summed E-state index contributed by atoms with van der Waals surface area (Å²) in [7, 11) is -7.34. The SMILES string of the molecule is CS(=O)(=O)c1cccc(S(=O)(=O)N2CCCN(C3CCN(Cc4ccc(C(F)(F)F)nc4)CC3)CC2)c1.Cl. The van der Waals surface area contributed by atoms with E-state index in [0.29, 0.717) is 38.6 Å². The predicted molar refractivity (Wildman–Crippen MR) is 139 cm³/mol. The normalized spacial score (nSPS) is 19.6. The van der Waals surface area contributed by atoms with Gasteiger partial charge in [-0.15, -0.1) is 12.4 Å². The van der Waals surface area contributed by atoms with Crippen LogP contribution in [-0.2, 0) is 32.6 Å². The van der Waals surface area contributed by atoms with E-state index in [9.17, 15) is 30.0 Å². The van der Waals surface area contributed by atoms with Gasteiger partial charge in [0.05, 0.1) is 9.79 Å². The lowest BCUT2D eigenvalue weighted by Crippen LogP contribution is -2.46. The molecule has 1 aromatic heterocycles. The Morgan fingerprint density at radius 1 is 0.921 bits per heavy atom. The first-order valence-corrected chi connectivity index (χ1v) is 15.5. The third-order valence-electron chi connectivity index (χ3n) is 6.96. The number of hydrogen-bond acceptors (Lipinski definition) is 7. The number of pyridine rings is 1. The molecule has 8 nitrogen and oxygen atoms in total. The van der Waals surface area contributed by atoms with Crippen molar-refractivity contribution in [2.24, 2.45) is 0 Å². The van der Waals surface area contributed by atoms with E-state index in [0.717, 1.165) is 50.4 Å². The van der Waals surface area contributed by atoms with E-state index < -0.39 is 31.7 Å². The average molecular weight is 597 g/mol. The first-order valence-electron chi connectivity index (χ1n) is 12.1. The van der Waals surface area contributed by atoms with Crippen molar-refractivity contribution in [3.63, 3.8) is 0 Å². The Bertz CT molecular complexity index is 1300. The molecule has 0 spiro atoms. The first-order chi connectivity index (χ1) is 17.3. The summed E-state index contributed by atoms with van der Waals surface area (Å²) >= 11 is 0. The van der Waals surface area contributed by atoms with Gasteiger partial charge in [-0.05, 0) is 68.7 Å². The van der Waals surface area contributed by atoms with E-state index >= 15 is 0 Å². The van der Waals surface area contributed by atoms with Gasteiger partial charge in [0.1, 0.15) is 5.69 Å². The topological polar surface area (TPSA) is 90.9 Å². The lowest BCUT2D eigenvalue weighted by atomic mass is 10.0. The molecule has 14 heteroatoms. The highest BCUT2D eigenvalue weighted by Gasteiger charge is 2.33. The van der Waals surface area contributed by atoms with Crippen molar-refractivity contribution in [3.8, 4) is 0 Å². The van der Waals surface area contributed by atoms with Crippen LogP contribution >= 0.6 is 12.4 Å². The number of hydrogen-bond donors (Lipinski definition) is 0. The molecule has 0 atom stereocenters. The van der Waals surface area contributed by atoms with E-state index in [-0.39, 0.29) is 22.2 Å². The number of benzene rings is 1. The van der Waals surface area contributed by atoms with E-state index in [2.05, 4.69) is 14.8 Å². The molecule has 0 saturated carbocycles. The molecule has 0 amide bonds. The van der Waals surface area contributed by atoms with Crippen LogP contribution < -0.4 is 0 Å². The second-order valence-electron chi connectivity index (χ2n) is 9.60. The van der Waals surface area contributed by atoms with Crippen LogP contribution in [0.3, 0.4) is 0 Å². The number of piperidine rings is 1. The van der Waals surface area contributed by atoms with Gasteiger partial charge >= 0.3 is 6.18 Å². The van der Waals surface area contributed by atoms with Crippen LogP contribution in [0.15, 0.2) is 52.4 Å². The second kappa shape index (κ2) is 12.2. The minimum Gasteiger partial charge on any atom is -0.299 e. The standard InChI is InChI=1S/C24H31F3N4O4S2.ClH/c1-36(32,33)21-4-2-5-22(16-21)37(34,35)31-11-3-10-30(14-15-31)20-8-12-29(13-9-20)18-19-6-7-23(28-17-19)24(25,26)27;/h2,4-7,16-17,20H,3,8-15,18H2,1H3;1H. The molecule has 2 fully saturated rings. The summed E-state index contributed by atoms with van der Waals surface area (Å²) in [6.07, 6.45) is 0.328. The maximum absolute atomic E-state index is 13.2. The summed E-state index contributed by atoms with van der Waals surface area (Å²) in [6.45, 7) is 4.16. The Morgan fingerprint density at radius 2 is 1.61 bits per heavy atom. The molecule has 212 valence electrons. The van der Waals surface area contributed by atoms with Gasteiger partial charge in [0.2, 0.25) is 10.0 Å². The van der Waals surface area contributed by atoms with Gasteiger partial charge in [0.25, 0.3) is 0 Å². The summed E-state index contributed by atoms with van der Waals surface area (Å²) in [5.74, 6) is 0. The Hall–Kier alpha value is -1.77. The summed E-state index contributed by atoms with van der Waals surface area (Å²) in [5, 5.41) is 0. The number of alkyl halides is 3. The molecule has 4 rings (SSSR count). The lowest BCUT2D eigenvalue weighted by molar-refractivity contribution is -0.141. The van der Waals surface area contributed by atoms with Gasteiger partial charge in [0.15, 0.2) is 9.84 Å². The van der Waals surface area contributed by atoms with Crippen LogP contribution in [0.2, 0.25) is 0 Å². The zero-order valence-electron chi connectivity index (χ0n) is 21.0. The van der Waals surface area contributed by atoms with Crippen molar-refractivity contribution in [3.05, 3.63) is 53.9 Å². The largest absolute Gasteiger partial charge is 0.433 e. The van der Waals surface area contributed by atoms with Gasteiger partial charge in [-0.3, -0.25) is 14.8 Å². The third kappa shape index (κ3) is 7.45. The molecule has 3 heterocycles. The third-order valence-corrected chi connectivity index (χ3v) is 9.96. The molecule has 1 aromatic carbocycles. The van der Waals surface area contributed by atoms with Crippen molar-refractivity contribution in [2.45, 2.75) is 47.8 Å². The molecule has 0 aliphatic carbocycles. The highest BCUT2D eigenvalue weighted by Crippen LogP contribution is 2.28.